The van der Waals surface area contributed by atoms with Gasteiger partial charge in [-0.3, -0.25) is 0 Å². The first kappa shape index (κ1) is 16.8. The minimum atomic E-state index is -0.292. The van der Waals surface area contributed by atoms with E-state index in [1.165, 1.54) is 6.07 Å². The Morgan fingerprint density at radius 2 is 1.86 bits per heavy atom. The molecule has 0 heterocycles. The van der Waals surface area contributed by atoms with E-state index in [4.69, 9.17) is 4.74 Å². The molecule has 118 valence electrons. The van der Waals surface area contributed by atoms with Gasteiger partial charge < -0.3 is 10.1 Å². The van der Waals surface area contributed by atoms with Gasteiger partial charge in [-0.1, -0.05) is 34.6 Å². The predicted molar refractivity (Wildman–Crippen MR) is 88.1 cm³/mol. The summed E-state index contributed by atoms with van der Waals surface area (Å²) in [7, 11) is 1.60. The molecule has 1 aliphatic carbocycles. The summed E-state index contributed by atoms with van der Waals surface area (Å²) in [6, 6.07) is 3.48. The van der Waals surface area contributed by atoms with Gasteiger partial charge in [-0.25, -0.2) is 4.39 Å². The SMILES string of the molecule is CCNC(c1cc(Br)c(F)cc1OC)C1C(C)(C)C1(C)C. The van der Waals surface area contributed by atoms with Crippen LogP contribution in [0.25, 0.3) is 0 Å². The maximum Gasteiger partial charge on any atom is 0.141 e. The number of ether oxygens (including phenoxy) is 1. The number of hydrogen-bond donors (Lipinski definition) is 1. The lowest BCUT2D eigenvalue weighted by Crippen LogP contribution is -2.25. The zero-order chi connectivity index (χ0) is 16.0. The van der Waals surface area contributed by atoms with Gasteiger partial charge in [-0.05, 0) is 45.3 Å². The fraction of sp³-hybridized carbons (Fsp3) is 0.647. The van der Waals surface area contributed by atoms with Crippen LogP contribution in [0.2, 0.25) is 0 Å². The van der Waals surface area contributed by atoms with Crippen LogP contribution in [0.3, 0.4) is 0 Å². The summed E-state index contributed by atoms with van der Waals surface area (Å²) in [6.07, 6.45) is 0. The number of benzene rings is 1. The molecule has 21 heavy (non-hydrogen) atoms. The zero-order valence-corrected chi connectivity index (χ0v) is 15.3. The quantitative estimate of drug-likeness (QED) is 0.806. The van der Waals surface area contributed by atoms with Crippen LogP contribution in [0.5, 0.6) is 5.75 Å². The Kier molecular flexibility index (Phi) is 4.42. The van der Waals surface area contributed by atoms with E-state index < -0.39 is 0 Å². The summed E-state index contributed by atoms with van der Waals surface area (Å²) in [5.41, 5.74) is 1.51. The monoisotopic (exact) mass is 357 g/mol. The third-order valence-corrected chi connectivity index (χ3v) is 6.11. The molecule has 0 bridgehead atoms. The molecule has 1 aromatic carbocycles. The maximum atomic E-state index is 13.8. The number of rotatable bonds is 5. The Hall–Kier alpha value is -0.610. The molecule has 0 spiro atoms. The number of hydrogen-bond acceptors (Lipinski definition) is 2. The minimum absolute atomic E-state index is 0.159. The van der Waals surface area contributed by atoms with Crippen LogP contribution < -0.4 is 10.1 Å². The molecule has 2 rings (SSSR count). The third-order valence-electron chi connectivity index (χ3n) is 5.50. The lowest BCUT2D eigenvalue weighted by Gasteiger charge is -2.23. The molecule has 1 saturated carbocycles. The first-order chi connectivity index (χ1) is 9.68. The molecule has 1 atom stereocenters. The summed E-state index contributed by atoms with van der Waals surface area (Å²) in [5.74, 6) is 0.802. The molecule has 1 N–H and O–H groups in total. The highest BCUT2D eigenvalue weighted by Gasteiger charge is 2.67. The molecule has 0 radical (unpaired) electrons. The van der Waals surface area contributed by atoms with Crippen molar-refractivity contribution in [2.24, 2.45) is 16.7 Å². The van der Waals surface area contributed by atoms with E-state index >= 15 is 0 Å². The molecule has 1 aliphatic rings. The Bertz CT molecular complexity index is 528. The summed E-state index contributed by atoms with van der Waals surface area (Å²) < 4.78 is 19.7. The Morgan fingerprint density at radius 3 is 2.29 bits per heavy atom. The zero-order valence-electron chi connectivity index (χ0n) is 13.7. The number of methoxy groups -OCH3 is 1. The molecule has 1 aromatic rings. The van der Waals surface area contributed by atoms with Gasteiger partial charge in [-0.15, -0.1) is 0 Å². The highest BCUT2D eigenvalue weighted by molar-refractivity contribution is 9.10. The smallest absolute Gasteiger partial charge is 0.141 e. The van der Waals surface area contributed by atoms with Crippen LogP contribution in [-0.4, -0.2) is 13.7 Å². The Morgan fingerprint density at radius 1 is 1.29 bits per heavy atom. The van der Waals surface area contributed by atoms with Gasteiger partial charge in [0.25, 0.3) is 0 Å². The molecule has 4 heteroatoms. The highest BCUT2D eigenvalue weighted by atomic mass is 79.9. The predicted octanol–water partition coefficient (Wildman–Crippen LogP) is 4.93. The topological polar surface area (TPSA) is 21.3 Å². The van der Waals surface area contributed by atoms with E-state index in [-0.39, 0.29) is 22.7 Å². The average molecular weight is 358 g/mol. The van der Waals surface area contributed by atoms with Gasteiger partial charge in [-0.2, -0.15) is 0 Å². The maximum absolute atomic E-state index is 13.8. The molecular formula is C17H25BrFNO. The number of nitrogens with one attached hydrogen (secondary N) is 1. The van der Waals surface area contributed by atoms with E-state index in [9.17, 15) is 4.39 Å². The molecule has 1 fully saturated rings. The summed E-state index contributed by atoms with van der Waals surface area (Å²) in [5, 5.41) is 3.57. The van der Waals surface area contributed by atoms with Crippen LogP contribution in [-0.2, 0) is 0 Å². The van der Waals surface area contributed by atoms with Crippen molar-refractivity contribution in [2.45, 2.75) is 40.7 Å². The molecule has 2 nitrogen and oxygen atoms in total. The van der Waals surface area contributed by atoms with E-state index in [1.54, 1.807) is 7.11 Å². The molecule has 1 unspecified atom stereocenters. The van der Waals surface area contributed by atoms with Crippen LogP contribution >= 0.6 is 15.9 Å². The van der Waals surface area contributed by atoms with Gasteiger partial charge in [0.1, 0.15) is 11.6 Å². The van der Waals surface area contributed by atoms with Crippen molar-refractivity contribution in [3.63, 3.8) is 0 Å². The Balaban J connectivity index is 2.48. The summed E-state index contributed by atoms with van der Waals surface area (Å²) in [4.78, 5) is 0. The average Bonchev–Trinajstić information content (AvgIpc) is 2.80. The van der Waals surface area contributed by atoms with Crippen molar-refractivity contribution < 1.29 is 9.13 Å². The summed E-state index contributed by atoms with van der Waals surface area (Å²) >= 11 is 3.30. The van der Waals surface area contributed by atoms with E-state index in [1.807, 2.05) is 6.07 Å². The first-order valence-electron chi connectivity index (χ1n) is 7.44. The fourth-order valence-electron chi connectivity index (χ4n) is 3.67. The van der Waals surface area contributed by atoms with Crippen molar-refractivity contribution in [2.75, 3.05) is 13.7 Å². The molecular weight excluding hydrogens is 333 g/mol. The van der Waals surface area contributed by atoms with Crippen molar-refractivity contribution in [3.8, 4) is 5.75 Å². The van der Waals surface area contributed by atoms with Crippen molar-refractivity contribution in [1.29, 1.82) is 0 Å². The van der Waals surface area contributed by atoms with Gasteiger partial charge >= 0.3 is 0 Å². The minimum Gasteiger partial charge on any atom is -0.496 e. The van der Waals surface area contributed by atoms with Crippen LogP contribution in [0.4, 0.5) is 4.39 Å². The fourth-order valence-corrected chi connectivity index (χ4v) is 4.03. The first-order valence-corrected chi connectivity index (χ1v) is 8.24. The van der Waals surface area contributed by atoms with Crippen molar-refractivity contribution in [3.05, 3.63) is 28.0 Å². The van der Waals surface area contributed by atoms with Crippen LogP contribution in [0.15, 0.2) is 16.6 Å². The van der Waals surface area contributed by atoms with E-state index in [0.29, 0.717) is 16.1 Å². The molecule has 0 saturated heterocycles. The second kappa shape index (κ2) is 5.54. The molecule has 0 aromatic heterocycles. The Labute approximate surface area is 135 Å². The van der Waals surface area contributed by atoms with E-state index in [2.05, 4.69) is 55.9 Å². The standard InChI is InChI=1S/C17H25BrFNO/c1-7-20-14(15-16(2,3)17(15,4)5)10-8-11(18)12(19)9-13(10)21-6/h8-9,14-15,20H,7H2,1-6H3. The summed E-state index contributed by atoms with van der Waals surface area (Å²) in [6.45, 7) is 12.2. The van der Waals surface area contributed by atoms with Crippen molar-refractivity contribution in [1.82, 2.24) is 5.32 Å². The lowest BCUT2D eigenvalue weighted by atomic mass is 9.95. The largest absolute Gasteiger partial charge is 0.496 e. The van der Waals surface area contributed by atoms with E-state index in [0.717, 1.165) is 12.1 Å². The second-order valence-electron chi connectivity index (χ2n) is 6.96. The van der Waals surface area contributed by atoms with Crippen molar-refractivity contribution >= 4 is 15.9 Å². The molecule has 0 amide bonds. The highest BCUT2D eigenvalue weighted by Crippen LogP contribution is 2.72. The van der Waals surface area contributed by atoms with Gasteiger partial charge in [0, 0.05) is 17.7 Å². The van der Waals surface area contributed by atoms with Gasteiger partial charge in [0.2, 0.25) is 0 Å². The molecule has 0 aliphatic heterocycles. The van der Waals surface area contributed by atoms with Gasteiger partial charge in [0.05, 0.1) is 11.6 Å². The normalized spacial score (nSPS) is 21.1. The van der Waals surface area contributed by atoms with Gasteiger partial charge in [0.15, 0.2) is 0 Å². The van der Waals surface area contributed by atoms with Crippen LogP contribution in [0, 0.1) is 22.6 Å². The lowest BCUT2D eigenvalue weighted by molar-refractivity contribution is 0.371. The number of halogens is 2. The van der Waals surface area contributed by atoms with Crippen LogP contribution in [0.1, 0.15) is 46.2 Å². The third kappa shape index (κ3) is 2.61. The second-order valence-corrected chi connectivity index (χ2v) is 7.82.